The van der Waals surface area contributed by atoms with E-state index in [1.807, 2.05) is 0 Å². The van der Waals surface area contributed by atoms with Gasteiger partial charge in [-0.1, -0.05) is 41.5 Å². The van der Waals surface area contributed by atoms with Crippen molar-refractivity contribution in [1.29, 1.82) is 0 Å². The molecule has 1 aromatic carbocycles. The Morgan fingerprint density at radius 1 is 0.880 bits per heavy atom. The van der Waals surface area contributed by atoms with Crippen LogP contribution in [-0.4, -0.2) is 0 Å². The van der Waals surface area contributed by atoms with Crippen LogP contribution in [0.1, 0.15) is 55.4 Å². The van der Waals surface area contributed by atoms with Crippen LogP contribution in [0.4, 0.5) is 5.69 Å². The summed E-state index contributed by atoms with van der Waals surface area (Å²) in [6.07, 6.45) is 0. The third kappa shape index (κ3) is 5.00. The van der Waals surface area contributed by atoms with Crippen molar-refractivity contribution < 1.29 is 2.74 Å². The number of nitrogens with two attached hydrogens (primary N) is 1. The van der Waals surface area contributed by atoms with Gasteiger partial charge in [0.1, 0.15) is 0 Å². The van der Waals surface area contributed by atoms with Gasteiger partial charge in [-0.05, 0) is 55.4 Å². The molecule has 1 aliphatic rings. The maximum atomic E-state index is 8.41. The normalized spacial score (nSPS) is 19.2. The molecule has 0 saturated heterocycles. The van der Waals surface area contributed by atoms with Crippen LogP contribution in [0.2, 0.25) is 0 Å². The van der Waals surface area contributed by atoms with Crippen LogP contribution in [0.25, 0.3) is 0 Å². The molecule has 0 heterocycles. The van der Waals surface area contributed by atoms with Crippen molar-refractivity contribution in [2.24, 2.45) is 5.41 Å². The van der Waals surface area contributed by atoms with Crippen molar-refractivity contribution in [3.05, 3.63) is 27.7 Å². The molecule has 1 aromatic rings. The van der Waals surface area contributed by atoms with Crippen molar-refractivity contribution in [2.75, 3.05) is 5.73 Å². The molecule has 0 atom stereocenters. The zero-order valence-corrected chi connectivity index (χ0v) is 22.8. The molecule has 0 saturated carbocycles. The lowest BCUT2D eigenvalue weighted by Crippen LogP contribution is -2.42. The smallest absolute Gasteiger partial charge is 0.0648 e. The van der Waals surface area contributed by atoms with Crippen LogP contribution >= 0.6 is 15.9 Å². The summed E-state index contributed by atoms with van der Waals surface area (Å²) in [6, 6.07) is 0.814. The maximum Gasteiger partial charge on any atom is 0.0648 e. The number of nitrogen functional groups attached to an aromatic ring is 1. The molecule has 142 valence electrons. The Labute approximate surface area is 189 Å². The van der Waals surface area contributed by atoms with Gasteiger partial charge in [0.2, 0.25) is 0 Å². The average Bonchev–Trinajstić information content (AvgIpc) is 2.70. The third-order valence-electron chi connectivity index (χ3n) is 5.49. The molecular formula is C15H22BrNS8. The first kappa shape index (κ1) is 21.0. The molecule has 0 aliphatic heterocycles. The molecule has 25 heavy (non-hydrogen) atoms. The summed E-state index contributed by atoms with van der Waals surface area (Å²) in [5, 5.41) is 0. The number of rotatable bonds is 0. The molecule has 1 nitrogen and oxygen atoms in total. The van der Waals surface area contributed by atoms with Gasteiger partial charge in [0.25, 0.3) is 0 Å². The Balaban J connectivity index is 0.000000387. The van der Waals surface area contributed by atoms with E-state index in [0.29, 0.717) is 22.2 Å². The minimum atomic E-state index is -0.187. The fourth-order valence-electron chi connectivity index (χ4n) is 2.88. The summed E-state index contributed by atoms with van der Waals surface area (Å²) in [4.78, 5) is 0. The topological polar surface area (TPSA) is 26.0 Å². The van der Waals surface area contributed by atoms with Gasteiger partial charge >= 0.3 is 0 Å². The van der Waals surface area contributed by atoms with Crippen molar-refractivity contribution in [2.45, 2.75) is 52.4 Å². The highest BCUT2D eigenvalue weighted by molar-refractivity contribution is 9.10. The Hall–Kier alpha value is 1.26. The van der Waals surface area contributed by atoms with Gasteiger partial charge in [0.05, 0.1) is 2.74 Å². The van der Waals surface area contributed by atoms with Gasteiger partial charge in [-0.15, -0.1) is 0 Å². The number of fused-ring (bicyclic) bond motifs is 1. The van der Waals surface area contributed by atoms with Crippen LogP contribution in [0.15, 0.2) is 16.6 Å². The zero-order valence-electron chi connectivity index (χ0n) is 16.7. The van der Waals surface area contributed by atoms with E-state index in [-0.39, 0.29) is 16.2 Å². The summed E-state index contributed by atoms with van der Waals surface area (Å²) in [7, 11) is 9.12. The average molecular weight is 555 g/mol. The van der Waals surface area contributed by atoms with Gasteiger partial charge in [-0.2, -0.15) is 0 Å². The van der Waals surface area contributed by atoms with Gasteiger partial charge in [-0.25, -0.2) is 0 Å². The van der Waals surface area contributed by atoms with Crippen LogP contribution in [0.3, 0.4) is 0 Å². The number of hydrogen-bond donors (Lipinski definition) is 1. The second-order valence-corrected chi connectivity index (χ2v) is 18.4. The molecule has 1 aliphatic carbocycles. The van der Waals surface area contributed by atoms with E-state index in [2.05, 4.69) is 79.8 Å². The van der Waals surface area contributed by atoms with E-state index in [0.717, 1.165) is 11.1 Å². The molecular weight excluding hydrogens is 531 g/mol. The molecule has 2 N–H and O–H groups in total. The standard InChI is InChI=1S/C15H22BrN.S8/c1-13(2)9-7-11(16)12(17)8-10(9)14(3,4)15(13,5)6;1-3-5-7-8-6-4-2/h7-8H,17H2,1-6H3;/i7D,8D;. The third-order valence-corrected chi connectivity index (χ3v) is 17.2. The highest BCUT2D eigenvalue weighted by atomic mass is 79.9. The number of benzene rings is 1. The predicted octanol–water partition coefficient (Wildman–Crippen LogP) is 4.61. The molecule has 0 aromatic heterocycles. The Morgan fingerprint density at radius 3 is 1.68 bits per heavy atom. The summed E-state index contributed by atoms with van der Waals surface area (Å²) in [5.41, 5.74) is 7.87. The highest BCUT2D eigenvalue weighted by Gasteiger charge is 2.56. The number of hydrogen-bond acceptors (Lipinski definition) is 3. The minimum Gasteiger partial charge on any atom is -0.398 e. The lowest BCUT2D eigenvalue weighted by atomic mass is 9.59. The Kier molecular flexibility index (Phi) is 8.09. The Morgan fingerprint density at radius 2 is 1.28 bits per heavy atom. The van der Waals surface area contributed by atoms with Gasteiger partial charge in [0.15, 0.2) is 0 Å². The first-order valence-corrected chi connectivity index (χ1v) is 17.3. The summed E-state index contributed by atoms with van der Waals surface area (Å²) in [6.45, 7) is 13.1. The Bertz CT molecular complexity index is 936. The molecule has 0 spiro atoms. The molecule has 0 fully saturated rings. The number of halogens is 1. The van der Waals surface area contributed by atoms with Crippen LogP contribution < -0.4 is 5.73 Å². The molecule has 10 heteroatoms. The summed E-state index contributed by atoms with van der Waals surface area (Å²) >= 11 is 12.6. The fourth-order valence-corrected chi connectivity index (χ4v) is 14.2. The molecule has 0 radical (unpaired) electrons. The fraction of sp³-hybridized carbons (Fsp3) is 0.600. The van der Waals surface area contributed by atoms with E-state index >= 15 is 0 Å². The lowest BCUT2D eigenvalue weighted by Gasteiger charge is -2.44. The first-order chi connectivity index (χ1) is 12.3. The van der Waals surface area contributed by atoms with Gasteiger partial charge < -0.3 is 5.73 Å². The molecule has 0 amide bonds. The van der Waals surface area contributed by atoms with Crippen LogP contribution in [0, 0.1) is 5.41 Å². The van der Waals surface area contributed by atoms with E-state index in [1.165, 1.54) is 17.8 Å². The first-order valence-electron chi connectivity index (χ1n) is 8.14. The number of anilines is 1. The molecule has 0 unspecified atom stereocenters. The van der Waals surface area contributed by atoms with Crippen molar-refractivity contribution in [1.82, 2.24) is 0 Å². The van der Waals surface area contributed by atoms with E-state index < -0.39 is 0 Å². The van der Waals surface area contributed by atoms with Crippen LogP contribution in [-0.2, 0) is 86.5 Å². The quantitative estimate of drug-likeness (QED) is 0.475. The van der Waals surface area contributed by atoms with Gasteiger partial charge in [-0.3, -0.25) is 0 Å². The van der Waals surface area contributed by atoms with E-state index in [1.54, 1.807) is 35.5 Å². The predicted molar refractivity (Wildman–Crippen MR) is 137 cm³/mol. The van der Waals surface area contributed by atoms with E-state index in [9.17, 15) is 0 Å². The lowest BCUT2D eigenvalue weighted by molar-refractivity contribution is 0.125. The van der Waals surface area contributed by atoms with Crippen molar-refractivity contribution in [3.63, 3.8) is 0 Å². The second kappa shape index (κ2) is 9.65. The molecule has 2 rings (SSSR count). The van der Waals surface area contributed by atoms with Crippen molar-refractivity contribution >= 4 is 97.3 Å². The van der Waals surface area contributed by atoms with E-state index in [4.69, 9.17) is 8.48 Å². The zero-order chi connectivity index (χ0) is 21.2. The largest absolute Gasteiger partial charge is 0.398 e. The SMILES string of the molecule is S=S=S=S=S=S=S=S.[2H]c1c(N)c(Br)c([2H])c2c1C(C)(C)C(C)(C)C2(C)C. The minimum absolute atomic E-state index is 0.0544. The maximum absolute atomic E-state index is 8.41. The van der Waals surface area contributed by atoms with Crippen LogP contribution in [0.5, 0.6) is 0 Å². The van der Waals surface area contributed by atoms with Gasteiger partial charge in [0, 0.05) is 85.8 Å². The summed E-state index contributed by atoms with van der Waals surface area (Å²) in [5.74, 6) is 0. The molecule has 0 bridgehead atoms. The highest BCUT2D eigenvalue weighted by Crippen LogP contribution is 2.62. The van der Waals surface area contributed by atoms with Crippen molar-refractivity contribution in [3.8, 4) is 0 Å². The second-order valence-electron chi connectivity index (χ2n) is 7.01. The monoisotopic (exact) mass is 553 g/mol. The summed E-state index contributed by atoms with van der Waals surface area (Å²) < 4.78 is 17.4.